The largest absolute Gasteiger partial charge is 0.332 e. The first-order valence-electron chi connectivity index (χ1n) is 8.24. The Labute approximate surface area is 146 Å². The molecule has 1 saturated heterocycles. The Morgan fingerprint density at radius 3 is 2.68 bits per heavy atom. The summed E-state index contributed by atoms with van der Waals surface area (Å²) >= 11 is 0. The van der Waals surface area contributed by atoms with E-state index in [0.29, 0.717) is 12.4 Å². The standard InChI is InChI=1S/C17H23N7O/c1-17(2,3)13-7-8-14(23-22-13)21-16(25)20-12-10-19-24-15(12)11-6-4-5-9-18-11/h4-9,12,15,19,24H,10H2,1-3H3,(H2,20,21,23,25). The molecule has 0 spiro atoms. The van der Waals surface area contributed by atoms with Crippen molar-refractivity contribution in [3.8, 4) is 0 Å². The van der Waals surface area contributed by atoms with Crippen LogP contribution in [0.15, 0.2) is 36.5 Å². The Hall–Kier alpha value is -2.58. The molecule has 0 aliphatic carbocycles. The first kappa shape index (κ1) is 17.2. The van der Waals surface area contributed by atoms with Crippen LogP contribution in [-0.2, 0) is 5.41 Å². The summed E-state index contributed by atoms with van der Waals surface area (Å²) in [5.74, 6) is 0.416. The van der Waals surface area contributed by atoms with Crippen molar-refractivity contribution in [2.75, 3.05) is 11.9 Å². The minimum Gasteiger partial charge on any atom is -0.332 e. The quantitative estimate of drug-likeness (QED) is 0.675. The van der Waals surface area contributed by atoms with E-state index in [1.165, 1.54) is 0 Å². The number of hydrogen-bond donors (Lipinski definition) is 4. The summed E-state index contributed by atoms with van der Waals surface area (Å²) in [6.07, 6.45) is 1.73. The maximum absolute atomic E-state index is 12.3. The Balaban J connectivity index is 1.60. The number of pyridine rings is 1. The Morgan fingerprint density at radius 1 is 1.20 bits per heavy atom. The van der Waals surface area contributed by atoms with Gasteiger partial charge in [-0.2, -0.15) is 5.10 Å². The number of carbonyl (C=O) groups excluding carboxylic acids is 1. The number of carbonyl (C=O) groups is 1. The van der Waals surface area contributed by atoms with Crippen LogP contribution >= 0.6 is 0 Å². The van der Waals surface area contributed by atoms with Gasteiger partial charge >= 0.3 is 6.03 Å². The molecule has 2 unspecified atom stereocenters. The lowest BCUT2D eigenvalue weighted by Crippen LogP contribution is -2.42. The lowest BCUT2D eigenvalue weighted by atomic mass is 9.92. The number of aromatic nitrogens is 3. The van der Waals surface area contributed by atoms with Crippen molar-refractivity contribution in [1.82, 2.24) is 31.3 Å². The van der Waals surface area contributed by atoms with Gasteiger partial charge < -0.3 is 5.32 Å². The summed E-state index contributed by atoms with van der Waals surface area (Å²) in [6.45, 7) is 6.79. The number of nitrogens with zero attached hydrogens (tertiary/aromatic N) is 3. The van der Waals surface area contributed by atoms with Crippen LogP contribution in [0.4, 0.5) is 10.6 Å². The van der Waals surface area contributed by atoms with Crippen LogP contribution in [0, 0.1) is 0 Å². The van der Waals surface area contributed by atoms with Gasteiger partial charge in [-0.05, 0) is 24.3 Å². The highest BCUT2D eigenvalue weighted by Crippen LogP contribution is 2.20. The van der Waals surface area contributed by atoms with E-state index in [-0.39, 0.29) is 23.5 Å². The molecule has 2 atom stereocenters. The smallest absolute Gasteiger partial charge is 0.320 e. The van der Waals surface area contributed by atoms with E-state index in [1.54, 1.807) is 12.3 Å². The van der Waals surface area contributed by atoms with Crippen molar-refractivity contribution in [1.29, 1.82) is 0 Å². The SMILES string of the molecule is CC(C)(C)c1ccc(NC(=O)NC2CNNC2c2ccccn2)nn1. The maximum Gasteiger partial charge on any atom is 0.320 e. The van der Waals surface area contributed by atoms with E-state index in [0.717, 1.165) is 11.4 Å². The van der Waals surface area contributed by atoms with Gasteiger partial charge in [0.2, 0.25) is 0 Å². The van der Waals surface area contributed by atoms with E-state index in [9.17, 15) is 4.79 Å². The van der Waals surface area contributed by atoms with Gasteiger partial charge in [-0.15, -0.1) is 5.10 Å². The monoisotopic (exact) mass is 341 g/mol. The molecule has 3 rings (SSSR count). The summed E-state index contributed by atoms with van der Waals surface area (Å²) in [5, 5.41) is 13.9. The van der Waals surface area contributed by atoms with Crippen LogP contribution in [0.3, 0.4) is 0 Å². The van der Waals surface area contributed by atoms with Gasteiger partial charge in [-0.3, -0.25) is 15.7 Å². The van der Waals surface area contributed by atoms with Crippen LogP contribution < -0.4 is 21.5 Å². The molecule has 1 aliphatic rings. The number of amides is 2. The molecule has 2 amide bonds. The Bertz CT molecular complexity index is 712. The first-order valence-corrected chi connectivity index (χ1v) is 8.24. The van der Waals surface area contributed by atoms with Gasteiger partial charge in [0.25, 0.3) is 0 Å². The highest BCUT2D eigenvalue weighted by molar-refractivity contribution is 5.88. The van der Waals surface area contributed by atoms with E-state index >= 15 is 0 Å². The summed E-state index contributed by atoms with van der Waals surface area (Å²) in [7, 11) is 0. The molecular weight excluding hydrogens is 318 g/mol. The molecule has 0 bridgehead atoms. The van der Waals surface area contributed by atoms with Crippen molar-refractivity contribution in [3.63, 3.8) is 0 Å². The highest BCUT2D eigenvalue weighted by atomic mass is 16.2. The molecule has 8 heteroatoms. The van der Waals surface area contributed by atoms with Gasteiger partial charge in [0.15, 0.2) is 5.82 Å². The van der Waals surface area contributed by atoms with E-state index in [2.05, 4.69) is 57.4 Å². The Kier molecular flexibility index (Phi) is 4.91. The molecule has 0 radical (unpaired) electrons. The summed E-state index contributed by atoms with van der Waals surface area (Å²) in [6, 6.07) is 8.79. The fourth-order valence-electron chi connectivity index (χ4n) is 2.59. The topological polar surface area (TPSA) is 104 Å². The predicted octanol–water partition coefficient (Wildman–Crippen LogP) is 1.51. The maximum atomic E-state index is 12.3. The van der Waals surface area contributed by atoms with Gasteiger partial charge in [-0.1, -0.05) is 26.8 Å². The van der Waals surface area contributed by atoms with Crippen LogP contribution in [0.25, 0.3) is 0 Å². The summed E-state index contributed by atoms with van der Waals surface area (Å²) in [4.78, 5) is 16.6. The molecule has 25 heavy (non-hydrogen) atoms. The number of hydrogen-bond acceptors (Lipinski definition) is 6. The molecule has 2 aromatic heterocycles. The second-order valence-electron chi connectivity index (χ2n) is 7.02. The first-order chi connectivity index (χ1) is 11.9. The number of hydrazine groups is 1. The van der Waals surface area contributed by atoms with E-state index < -0.39 is 0 Å². The van der Waals surface area contributed by atoms with Gasteiger partial charge in [0.1, 0.15) is 0 Å². The molecule has 132 valence electrons. The average molecular weight is 341 g/mol. The van der Waals surface area contributed by atoms with Crippen LogP contribution in [0.1, 0.15) is 38.2 Å². The summed E-state index contributed by atoms with van der Waals surface area (Å²) < 4.78 is 0. The van der Waals surface area contributed by atoms with Gasteiger partial charge in [0.05, 0.1) is 23.5 Å². The van der Waals surface area contributed by atoms with Gasteiger partial charge in [0, 0.05) is 18.2 Å². The molecule has 2 aromatic rings. The lowest BCUT2D eigenvalue weighted by Gasteiger charge is -2.19. The fourth-order valence-corrected chi connectivity index (χ4v) is 2.59. The van der Waals surface area contributed by atoms with E-state index in [1.807, 2.05) is 24.3 Å². The second-order valence-corrected chi connectivity index (χ2v) is 7.02. The second kappa shape index (κ2) is 7.12. The zero-order valence-electron chi connectivity index (χ0n) is 14.6. The van der Waals surface area contributed by atoms with Gasteiger partial charge in [-0.25, -0.2) is 10.2 Å². The van der Waals surface area contributed by atoms with Crippen LogP contribution in [-0.4, -0.2) is 33.8 Å². The minimum absolute atomic E-state index is 0.0785. The van der Waals surface area contributed by atoms with Crippen LogP contribution in [0.2, 0.25) is 0 Å². The molecule has 4 N–H and O–H groups in total. The van der Waals surface area contributed by atoms with Crippen molar-refractivity contribution in [2.24, 2.45) is 0 Å². The zero-order chi connectivity index (χ0) is 17.9. The summed E-state index contributed by atoms with van der Waals surface area (Å²) in [5.41, 5.74) is 7.85. The van der Waals surface area contributed by atoms with Crippen molar-refractivity contribution in [3.05, 3.63) is 47.9 Å². The minimum atomic E-state index is -0.325. The molecule has 0 aromatic carbocycles. The Morgan fingerprint density at radius 2 is 2.04 bits per heavy atom. The van der Waals surface area contributed by atoms with Crippen molar-refractivity contribution < 1.29 is 4.79 Å². The molecule has 0 saturated carbocycles. The fraction of sp³-hybridized carbons (Fsp3) is 0.412. The number of rotatable bonds is 3. The van der Waals surface area contributed by atoms with Crippen molar-refractivity contribution >= 4 is 11.8 Å². The highest BCUT2D eigenvalue weighted by Gasteiger charge is 2.30. The van der Waals surface area contributed by atoms with Crippen LogP contribution in [0.5, 0.6) is 0 Å². The van der Waals surface area contributed by atoms with Crippen molar-refractivity contribution in [2.45, 2.75) is 38.3 Å². The molecule has 3 heterocycles. The lowest BCUT2D eigenvalue weighted by molar-refractivity contribution is 0.247. The zero-order valence-corrected chi connectivity index (χ0v) is 14.6. The number of anilines is 1. The predicted molar refractivity (Wildman–Crippen MR) is 94.8 cm³/mol. The normalized spacial score (nSPS) is 20.3. The number of urea groups is 1. The number of nitrogens with one attached hydrogen (secondary N) is 4. The molecule has 8 nitrogen and oxygen atoms in total. The molecular formula is C17H23N7O. The average Bonchev–Trinajstić information content (AvgIpc) is 3.03. The third-order valence-corrected chi connectivity index (χ3v) is 3.98. The molecule has 1 fully saturated rings. The third-order valence-electron chi connectivity index (χ3n) is 3.98. The molecule has 1 aliphatic heterocycles. The van der Waals surface area contributed by atoms with E-state index in [4.69, 9.17) is 0 Å². The third kappa shape index (κ3) is 4.28.